The van der Waals surface area contributed by atoms with E-state index in [-0.39, 0.29) is 24.2 Å². The molecule has 0 saturated carbocycles. The van der Waals surface area contributed by atoms with Crippen LogP contribution in [0.25, 0.3) is 0 Å². The van der Waals surface area contributed by atoms with Gasteiger partial charge in [-0.3, -0.25) is 9.59 Å². The number of rotatable bonds is 4. The Morgan fingerprint density at radius 2 is 1.59 bits per heavy atom. The van der Waals surface area contributed by atoms with Crippen LogP contribution in [0.2, 0.25) is 20.1 Å². The summed E-state index contributed by atoms with van der Waals surface area (Å²) in [5, 5.41) is 6.76. The second kappa shape index (κ2) is 12.3. The molecule has 0 aromatic heterocycles. The zero-order valence-corrected chi connectivity index (χ0v) is 21.5. The van der Waals surface area contributed by atoms with Gasteiger partial charge in [-0.15, -0.1) is 0 Å². The maximum atomic E-state index is 12.2. The lowest BCUT2D eigenvalue weighted by molar-refractivity contribution is -0.117. The van der Waals surface area contributed by atoms with E-state index in [2.05, 4.69) is 10.6 Å². The summed E-state index contributed by atoms with van der Waals surface area (Å²) in [7, 11) is 0. The maximum absolute atomic E-state index is 12.2. The quantitative estimate of drug-likeness (QED) is 0.444. The highest BCUT2D eigenvalue weighted by Gasteiger charge is 2.41. The summed E-state index contributed by atoms with van der Waals surface area (Å²) in [4.78, 5) is 48.9. The molecule has 1 aliphatic rings. The summed E-state index contributed by atoms with van der Waals surface area (Å²) >= 11 is 23.2. The molecule has 8 nitrogen and oxygen atoms in total. The molecule has 6 amide bonds. The van der Waals surface area contributed by atoms with Crippen LogP contribution < -0.4 is 15.5 Å². The Morgan fingerprint density at radius 3 is 2.12 bits per heavy atom. The molecule has 182 valence electrons. The molecule has 0 unspecified atom stereocenters. The third-order valence-corrected chi connectivity index (χ3v) is 5.43. The van der Waals surface area contributed by atoms with Crippen LogP contribution in [0.15, 0.2) is 36.4 Å². The molecule has 3 rings (SSSR count). The Bertz CT molecular complexity index is 1090. The number of urea groups is 2. The average Bonchev–Trinajstić information content (AvgIpc) is 3.04. The van der Waals surface area contributed by atoms with Gasteiger partial charge in [-0.25, -0.2) is 19.4 Å². The van der Waals surface area contributed by atoms with Crippen molar-refractivity contribution < 1.29 is 19.2 Å². The van der Waals surface area contributed by atoms with Crippen molar-refractivity contribution in [3.63, 3.8) is 0 Å². The minimum atomic E-state index is -0.725. The first-order valence-corrected chi connectivity index (χ1v) is 11.6. The van der Waals surface area contributed by atoms with Crippen molar-refractivity contribution in [3.05, 3.63) is 56.5 Å². The Kier molecular flexibility index (Phi) is 10.00. The highest BCUT2D eigenvalue weighted by Crippen LogP contribution is 2.28. The van der Waals surface area contributed by atoms with Gasteiger partial charge in [-0.05, 0) is 50.2 Å². The molecule has 1 aliphatic heterocycles. The van der Waals surface area contributed by atoms with Gasteiger partial charge in [-0.2, -0.15) is 0 Å². The first kappa shape index (κ1) is 27.7. The standard InChI is InChI=1S/C13H13Cl2N3O3.C9H9Cl2NO/c1-7(2)16-12(20)17-6-11(19)18(13(17)21)10-4-8(14)3-9(15)5-10;1-2-9(13)12-6-3-4-7(10)8(11)5-6/h3-5,7H,6H2,1-2H3,(H,16,20);3-5H,2H2,1H3,(H,12,13). The molecule has 2 N–H and O–H groups in total. The van der Waals surface area contributed by atoms with Crippen molar-refractivity contribution in [2.24, 2.45) is 0 Å². The monoisotopic (exact) mass is 546 g/mol. The zero-order chi connectivity index (χ0) is 25.6. The van der Waals surface area contributed by atoms with Gasteiger partial charge in [0.15, 0.2) is 0 Å². The van der Waals surface area contributed by atoms with Crippen LogP contribution in [0.3, 0.4) is 0 Å². The van der Waals surface area contributed by atoms with Crippen molar-refractivity contribution in [3.8, 4) is 0 Å². The van der Waals surface area contributed by atoms with E-state index in [0.29, 0.717) is 32.2 Å². The Labute approximate surface area is 217 Å². The highest BCUT2D eigenvalue weighted by molar-refractivity contribution is 6.42. The summed E-state index contributed by atoms with van der Waals surface area (Å²) < 4.78 is 0. The Balaban J connectivity index is 0.000000270. The van der Waals surface area contributed by atoms with Gasteiger partial charge in [0.05, 0.1) is 15.7 Å². The molecule has 1 fully saturated rings. The third kappa shape index (κ3) is 7.50. The van der Waals surface area contributed by atoms with Crippen molar-refractivity contribution in [1.82, 2.24) is 10.2 Å². The number of amides is 6. The van der Waals surface area contributed by atoms with E-state index in [1.807, 2.05) is 0 Å². The number of carbonyl (C=O) groups is 4. The SMILES string of the molecule is CC(C)NC(=O)N1CC(=O)N(c2cc(Cl)cc(Cl)c2)C1=O.CCC(=O)Nc1ccc(Cl)c(Cl)c1. The number of halogens is 4. The largest absolute Gasteiger partial charge is 0.340 e. The number of carbonyl (C=O) groups excluding carboxylic acids is 4. The van der Waals surface area contributed by atoms with Crippen LogP contribution in [0.5, 0.6) is 0 Å². The highest BCUT2D eigenvalue weighted by atomic mass is 35.5. The van der Waals surface area contributed by atoms with E-state index in [1.165, 1.54) is 18.2 Å². The van der Waals surface area contributed by atoms with Gasteiger partial charge in [-0.1, -0.05) is 53.3 Å². The molecule has 12 heteroatoms. The molecule has 2 aromatic rings. The number of hydrogen-bond acceptors (Lipinski definition) is 4. The molecule has 0 aliphatic carbocycles. The van der Waals surface area contributed by atoms with E-state index >= 15 is 0 Å². The second-order valence-electron chi connectivity index (χ2n) is 7.36. The van der Waals surface area contributed by atoms with E-state index < -0.39 is 18.0 Å². The molecule has 2 aromatic carbocycles. The lowest BCUT2D eigenvalue weighted by atomic mass is 10.3. The second-order valence-corrected chi connectivity index (χ2v) is 9.05. The topological polar surface area (TPSA) is 98.8 Å². The number of hydrogen-bond donors (Lipinski definition) is 2. The third-order valence-electron chi connectivity index (χ3n) is 4.25. The predicted octanol–water partition coefficient (Wildman–Crippen LogP) is 6.22. The predicted molar refractivity (Wildman–Crippen MR) is 135 cm³/mol. The number of nitrogens with one attached hydrogen (secondary N) is 2. The van der Waals surface area contributed by atoms with E-state index in [9.17, 15) is 19.2 Å². The van der Waals surface area contributed by atoms with Crippen molar-refractivity contribution in [1.29, 1.82) is 0 Å². The Hall–Kier alpha value is -2.52. The smallest absolute Gasteiger partial charge is 0.335 e. The lowest BCUT2D eigenvalue weighted by Gasteiger charge is -2.18. The minimum absolute atomic E-state index is 0.0432. The first-order valence-electron chi connectivity index (χ1n) is 10.1. The number of benzene rings is 2. The summed E-state index contributed by atoms with van der Waals surface area (Å²) in [6.07, 6.45) is 0.445. The van der Waals surface area contributed by atoms with Crippen LogP contribution in [0, 0.1) is 0 Å². The van der Waals surface area contributed by atoms with Crippen molar-refractivity contribution in [2.45, 2.75) is 33.2 Å². The normalized spacial score (nSPS) is 13.1. The van der Waals surface area contributed by atoms with E-state index in [4.69, 9.17) is 46.4 Å². The summed E-state index contributed by atoms with van der Waals surface area (Å²) in [5.41, 5.74) is 0.906. The van der Waals surface area contributed by atoms with E-state index in [0.717, 1.165) is 9.80 Å². The molecule has 0 radical (unpaired) electrons. The number of imide groups is 2. The molecule has 34 heavy (non-hydrogen) atoms. The van der Waals surface area contributed by atoms with Gasteiger partial charge in [0.1, 0.15) is 6.54 Å². The number of anilines is 2. The molecule has 1 saturated heterocycles. The zero-order valence-electron chi connectivity index (χ0n) is 18.5. The van der Waals surface area contributed by atoms with Gasteiger partial charge < -0.3 is 10.6 Å². The van der Waals surface area contributed by atoms with E-state index in [1.54, 1.807) is 39.0 Å². The van der Waals surface area contributed by atoms with Gasteiger partial charge >= 0.3 is 12.1 Å². The van der Waals surface area contributed by atoms with Crippen LogP contribution in [-0.4, -0.2) is 41.4 Å². The molecular formula is C22H22Cl4N4O4. The van der Waals surface area contributed by atoms with Gasteiger partial charge in [0, 0.05) is 28.2 Å². The molecule has 0 bridgehead atoms. The average molecular weight is 548 g/mol. The molecule has 0 atom stereocenters. The van der Waals surface area contributed by atoms with Crippen LogP contribution >= 0.6 is 46.4 Å². The summed E-state index contributed by atoms with van der Waals surface area (Å²) in [6.45, 7) is 4.98. The van der Waals surface area contributed by atoms with Gasteiger partial charge in [0.2, 0.25) is 5.91 Å². The van der Waals surface area contributed by atoms with Crippen LogP contribution in [-0.2, 0) is 9.59 Å². The summed E-state index contributed by atoms with van der Waals surface area (Å²) in [5.74, 6) is -0.560. The fourth-order valence-electron chi connectivity index (χ4n) is 2.73. The molecule has 0 spiro atoms. The fraction of sp³-hybridized carbons (Fsp3) is 0.273. The minimum Gasteiger partial charge on any atom is -0.335 e. The van der Waals surface area contributed by atoms with Crippen LogP contribution in [0.4, 0.5) is 21.0 Å². The van der Waals surface area contributed by atoms with Crippen LogP contribution in [0.1, 0.15) is 27.2 Å². The van der Waals surface area contributed by atoms with Crippen molar-refractivity contribution in [2.75, 3.05) is 16.8 Å². The summed E-state index contributed by atoms with van der Waals surface area (Å²) in [6, 6.07) is 7.86. The maximum Gasteiger partial charge on any atom is 0.340 e. The van der Waals surface area contributed by atoms with Gasteiger partial charge in [0.25, 0.3) is 5.91 Å². The first-order chi connectivity index (χ1) is 15.9. The van der Waals surface area contributed by atoms with Crippen molar-refractivity contribution >= 4 is 81.7 Å². The Morgan fingerprint density at radius 1 is 0.971 bits per heavy atom. The fourth-order valence-corrected chi connectivity index (χ4v) is 3.54. The molecule has 1 heterocycles. The number of nitrogens with zero attached hydrogens (tertiary/aromatic N) is 2. The molecular weight excluding hydrogens is 526 g/mol. The lowest BCUT2D eigenvalue weighted by Crippen LogP contribution is -2.45.